The van der Waals surface area contributed by atoms with Crippen molar-refractivity contribution in [2.75, 3.05) is 34.2 Å². The van der Waals surface area contributed by atoms with Crippen LogP contribution in [0.4, 0.5) is 0 Å². The summed E-state index contributed by atoms with van der Waals surface area (Å²) >= 11 is 0. The summed E-state index contributed by atoms with van der Waals surface area (Å²) in [6.45, 7) is 3.06. The Hall–Kier alpha value is -1.39. The molecule has 18 heavy (non-hydrogen) atoms. The number of nitrogens with two attached hydrogens (primary N) is 1. The lowest BCUT2D eigenvalue weighted by Crippen LogP contribution is -2.23. The Morgan fingerprint density at radius 1 is 1.11 bits per heavy atom. The summed E-state index contributed by atoms with van der Waals surface area (Å²) in [6.07, 6.45) is 1.16. The number of rotatable bonds is 7. The number of hydrogen-bond donors (Lipinski definition) is 1. The fourth-order valence-electron chi connectivity index (χ4n) is 1.82. The fraction of sp³-hybridized carbons (Fsp3) is 0.500. The maximum absolute atomic E-state index is 10.9. The Kier molecular flexibility index (Phi) is 5.82. The molecule has 1 amide bonds. The highest BCUT2D eigenvalue weighted by Gasteiger charge is 2.03. The Morgan fingerprint density at radius 3 is 2.22 bits per heavy atom. The van der Waals surface area contributed by atoms with Gasteiger partial charge in [0.05, 0.1) is 0 Å². The standard InChI is InChI=1S/C14H23N3O/c1-16(2)9-4-10-17(3)11-12-5-7-13(8-6-12)14(15)18/h5-8H,4,9-11H2,1-3H3,(H2,15,18). The number of primary amides is 1. The van der Waals surface area contributed by atoms with Crippen LogP contribution in [-0.4, -0.2) is 49.9 Å². The minimum absolute atomic E-state index is 0.374. The van der Waals surface area contributed by atoms with Crippen molar-refractivity contribution >= 4 is 5.91 Å². The Balaban J connectivity index is 2.39. The molecule has 0 atom stereocenters. The molecular weight excluding hydrogens is 226 g/mol. The molecule has 4 nitrogen and oxygen atoms in total. The van der Waals surface area contributed by atoms with Gasteiger partial charge in [0.1, 0.15) is 0 Å². The Labute approximate surface area is 109 Å². The highest BCUT2D eigenvalue weighted by molar-refractivity contribution is 5.92. The van der Waals surface area contributed by atoms with Crippen molar-refractivity contribution in [3.05, 3.63) is 35.4 Å². The molecule has 4 heteroatoms. The summed E-state index contributed by atoms with van der Waals surface area (Å²) in [4.78, 5) is 15.4. The molecule has 0 heterocycles. The topological polar surface area (TPSA) is 49.6 Å². The molecule has 2 N–H and O–H groups in total. The Morgan fingerprint density at radius 2 is 1.72 bits per heavy atom. The summed E-state index contributed by atoms with van der Waals surface area (Å²) in [5.41, 5.74) is 6.97. The molecule has 0 fully saturated rings. The predicted molar refractivity (Wildman–Crippen MR) is 74.5 cm³/mol. The second-order valence-electron chi connectivity index (χ2n) is 4.96. The van der Waals surface area contributed by atoms with Gasteiger partial charge in [0, 0.05) is 12.1 Å². The highest BCUT2D eigenvalue weighted by atomic mass is 16.1. The van der Waals surface area contributed by atoms with E-state index in [1.165, 1.54) is 5.56 Å². The van der Waals surface area contributed by atoms with E-state index in [1.807, 2.05) is 12.1 Å². The molecule has 100 valence electrons. The van der Waals surface area contributed by atoms with Crippen LogP contribution in [0.15, 0.2) is 24.3 Å². The number of hydrogen-bond acceptors (Lipinski definition) is 3. The highest BCUT2D eigenvalue weighted by Crippen LogP contribution is 2.06. The van der Waals surface area contributed by atoms with Crippen LogP contribution in [-0.2, 0) is 6.54 Å². The van der Waals surface area contributed by atoms with E-state index < -0.39 is 0 Å². The van der Waals surface area contributed by atoms with Gasteiger partial charge in [0.2, 0.25) is 5.91 Å². The third kappa shape index (κ3) is 5.29. The lowest BCUT2D eigenvalue weighted by atomic mass is 10.1. The van der Waals surface area contributed by atoms with Gasteiger partial charge in [-0.3, -0.25) is 4.79 Å². The van der Waals surface area contributed by atoms with E-state index in [4.69, 9.17) is 5.73 Å². The monoisotopic (exact) mass is 249 g/mol. The van der Waals surface area contributed by atoms with E-state index in [0.29, 0.717) is 5.56 Å². The summed E-state index contributed by atoms with van der Waals surface area (Å²) in [5.74, 6) is -0.374. The van der Waals surface area contributed by atoms with Crippen LogP contribution < -0.4 is 5.73 Å². The molecule has 0 aliphatic rings. The minimum atomic E-state index is -0.374. The zero-order valence-corrected chi connectivity index (χ0v) is 11.5. The number of amides is 1. The van der Waals surface area contributed by atoms with Crippen molar-refractivity contribution in [1.29, 1.82) is 0 Å². The van der Waals surface area contributed by atoms with Gasteiger partial charge < -0.3 is 15.5 Å². The maximum Gasteiger partial charge on any atom is 0.248 e. The van der Waals surface area contributed by atoms with E-state index in [0.717, 1.165) is 26.1 Å². The molecule has 0 aliphatic carbocycles. The molecule has 1 aromatic carbocycles. The Bertz CT molecular complexity index is 373. The van der Waals surface area contributed by atoms with Gasteiger partial charge in [-0.1, -0.05) is 12.1 Å². The van der Waals surface area contributed by atoms with Crippen LogP contribution in [0.1, 0.15) is 22.3 Å². The van der Waals surface area contributed by atoms with Crippen molar-refractivity contribution in [2.45, 2.75) is 13.0 Å². The van der Waals surface area contributed by atoms with Gasteiger partial charge in [0.25, 0.3) is 0 Å². The third-order valence-corrected chi connectivity index (χ3v) is 2.84. The molecule has 0 radical (unpaired) electrons. The third-order valence-electron chi connectivity index (χ3n) is 2.84. The molecule has 0 spiro atoms. The number of carbonyl (C=O) groups is 1. The first-order valence-corrected chi connectivity index (χ1v) is 6.21. The van der Waals surface area contributed by atoms with Crippen molar-refractivity contribution in [3.8, 4) is 0 Å². The van der Waals surface area contributed by atoms with E-state index in [-0.39, 0.29) is 5.91 Å². The van der Waals surface area contributed by atoms with Gasteiger partial charge in [-0.25, -0.2) is 0 Å². The van der Waals surface area contributed by atoms with Gasteiger partial charge in [0.15, 0.2) is 0 Å². The summed E-state index contributed by atoms with van der Waals surface area (Å²) in [6, 6.07) is 7.49. The average Bonchev–Trinajstić information content (AvgIpc) is 2.29. The van der Waals surface area contributed by atoms with Gasteiger partial charge in [-0.05, 0) is 58.3 Å². The quantitative estimate of drug-likeness (QED) is 0.789. The van der Waals surface area contributed by atoms with E-state index in [1.54, 1.807) is 12.1 Å². The fourth-order valence-corrected chi connectivity index (χ4v) is 1.82. The SMILES string of the molecule is CN(C)CCCN(C)Cc1ccc(C(N)=O)cc1. The second-order valence-corrected chi connectivity index (χ2v) is 4.96. The molecule has 0 bridgehead atoms. The molecule has 0 unspecified atom stereocenters. The minimum Gasteiger partial charge on any atom is -0.366 e. The molecule has 0 aliphatic heterocycles. The maximum atomic E-state index is 10.9. The number of carbonyl (C=O) groups excluding carboxylic acids is 1. The first kappa shape index (κ1) is 14.7. The van der Waals surface area contributed by atoms with Crippen molar-refractivity contribution in [3.63, 3.8) is 0 Å². The van der Waals surface area contributed by atoms with Crippen LogP contribution in [0.3, 0.4) is 0 Å². The smallest absolute Gasteiger partial charge is 0.248 e. The number of benzene rings is 1. The van der Waals surface area contributed by atoms with E-state index >= 15 is 0 Å². The zero-order valence-electron chi connectivity index (χ0n) is 11.5. The first-order chi connectivity index (χ1) is 8.49. The van der Waals surface area contributed by atoms with Crippen LogP contribution in [0.25, 0.3) is 0 Å². The molecule has 0 saturated heterocycles. The van der Waals surface area contributed by atoms with Crippen molar-refractivity contribution in [1.82, 2.24) is 9.80 Å². The molecule has 1 aromatic rings. The number of nitrogens with zero attached hydrogens (tertiary/aromatic N) is 2. The lowest BCUT2D eigenvalue weighted by Gasteiger charge is -2.18. The summed E-state index contributed by atoms with van der Waals surface area (Å²) in [7, 11) is 6.28. The van der Waals surface area contributed by atoms with Crippen molar-refractivity contribution < 1.29 is 4.79 Å². The van der Waals surface area contributed by atoms with Gasteiger partial charge in [-0.2, -0.15) is 0 Å². The first-order valence-electron chi connectivity index (χ1n) is 6.21. The van der Waals surface area contributed by atoms with Crippen molar-refractivity contribution in [2.24, 2.45) is 5.73 Å². The summed E-state index contributed by atoms with van der Waals surface area (Å²) in [5, 5.41) is 0. The lowest BCUT2D eigenvalue weighted by molar-refractivity contribution is 0.100. The molecule has 1 rings (SSSR count). The molecule has 0 aromatic heterocycles. The van der Waals surface area contributed by atoms with E-state index in [2.05, 4.69) is 30.9 Å². The van der Waals surface area contributed by atoms with Crippen LogP contribution in [0.5, 0.6) is 0 Å². The van der Waals surface area contributed by atoms with Crippen LogP contribution in [0, 0.1) is 0 Å². The van der Waals surface area contributed by atoms with Crippen LogP contribution in [0.2, 0.25) is 0 Å². The van der Waals surface area contributed by atoms with Crippen LogP contribution >= 0.6 is 0 Å². The largest absolute Gasteiger partial charge is 0.366 e. The normalized spacial score (nSPS) is 11.2. The molecular formula is C14H23N3O. The second kappa shape index (κ2) is 7.13. The summed E-state index contributed by atoms with van der Waals surface area (Å²) < 4.78 is 0. The van der Waals surface area contributed by atoms with E-state index in [9.17, 15) is 4.79 Å². The predicted octanol–water partition coefficient (Wildman–Crippen LogP) is 1.17. The zero-order chi connectivity index (χ0) is 13.5. The average molecular weight is 249 g/mol. The van der Waals surface area contributed by atoms with Gasteiger partial charge >= 0.3 is 0 Å². The van der Waals surface area contributed by atoms with Gasteiger partial charge in [-0.15, -0.1) is 0 Å². The molecule has 0 saturated carbocycles.